The van der Waals surface area contributed by atoms with Crippen LogP contribution in [-0.4, -0.2) is 15.9 Å². The third-order valence-corrected chi connectivity index (χ3v) is 2.80. The summed E-state index contributed by atoms with van der Waals surface area (Å²) in [6, 6.07) is 5.68. The average Bonchev–Trinajstić information content (AvgIpc) is 2.73. The van der Waals surface area contributed by atoms with Crippen molar-refractivity contribution < 1.29 is 4.79 Å². The molecule has 0 aromatic carbocycles. The molecule has 0 spiro atoms. The van der Waals surface area contributed by atoms with Crippen molar-refractivity contribution in [3.05, 3.63) is 40.7 Å². The molecule has 17 heavy (non-hydrogen) atoms. The Labute approximate surface area is 103 Å². The molecule has 0 saturated heterocycles. The number of hydrogen-bond acceptors (Lipinski definition) is 5. The number of nitrogens with one attached hydrogen (secondary N) is 1. The van der Waals surface area contributed by atoms with Gasteiger partial charge in [0.2, 0.25) is 0 Å². The summed E-state index contributed by atoms with van der Waals surface area (Å²) in [5.41, 5.74) is 7.55. The summed E-state index contributed by atoms with van der Waals surface area (Å²) in [5, 5.41) is 4.77. The number of nitrogen functional groups attached to an aromatic ring is 1. The standard InChI is InChI=1S/C11H12N4OS/c1-7-3-2-4-8(14-7)5-13-10(16)9-6-17-11(12)15-9/h2-4,6H,5H2,1H3,(H2,12,15)(H,13,16). The topological polar surface area (TPSA) is 80.9 Å². The Hall–Kier alpha value is -1.95. The molecule has 0 atom stereocenters. The number of carbonyl (C=O) groups is 1. The van der Waals surface area contributed by atoms with Crippen molar-refractivity contribution in [2.24, 2.45) is 0 Å². The second-order valence-electron chi connectivity index (χ2n) is 3.52. The molecule has 2 heterocycles. The number of aryl methyl sites for hydroxylation is 1. The van der Waals surface area contributed by atoms with Crippen molar-refractivity contribution in [3.8, 4) is 0 Å². The quantitative estimate of drug-likeness (QED) is 0.859. The Morgan fingerprint density at radius 1 is 1.47 bits per heavy atom. The van der Waals surface area contributed by atoms with Gasteiger partial charge in [-0.25, -0.2) is 4.98 Å². The second-order valence-corrected chi connectivity index (χ2v) is 4.41. The van der Waals surface area contributed by atoms with Crippen LogP contribution >= 0.6 is 11.3 Å². The number of rotatable bonds is 3. The molecule has 2 rings (SSSR count). The zero-order valence-corrected chi connectivity index (χ0v) is 10.1. The van der Waals surface area contributed by atoms with Gasteiger partial charge >= 0.3 is 0 Å². The molecule has 0 unspecified atom stereocenters. The molecule has 0 aliphatic carbocycles. The first kappa shape index (κ1) is 11.5. The summed E-state index contributed by atoms with van der Waals surface area (Å²) >= 11 is 1.25. The van der Waals surface area contributed by atoms with E-state index in [9.17, 15) is 4.79 Å². The van der Waals surface area contributed by atoms with Gasteiger partial charge in [-0.1, -0.05) is 6.07 Å². The Morgan fingerprint density at radius 2 is 2.29 bits per heavy atom. The van der Waals surface area contributed by atoms with Gasteiger partial charge in [-0.15, -0.1) is 11.3 Å². The zero-order valence-electron chi connectivity index (χ0n) is 9.30. The van der Waals surface area contributed by atoms with Crippen LogP contribution in [0.25, 0.3) is 0 Å². The van der Waals surface area contributed by atoms with E-state index in [-0.39, 0.29) is 5.91 Å². The maximum atomic E-state index is 11.7. The van der Waals surface area contributed by atoms with Crippen LogP contribution in [0.4, 0.5) is 5.13 Å². The Kier molecular flexibility index (Phi) is 3.34. The molecular formula is C11H12N4OS. The van der Waals surface area contributed by atoms with Gasteiger partial charge in [0.05, 0.1) is 12.2 Å². The minimum Gasteiger partial charge on any atom is -0.375 e. The van der Waals surface area contributed by atoms with E-state index in [1.165, 1.54) is 11.3 Å². The minimum atomic E-state index is -0.235. The van der Waals surface area contributed by atoms with Crippen molar-refractivity contribution >= 4 is 22.4 Å². The van der Waals surface area contributed by atoms with Crippen LogP contribution in [0.15, 0.2) is 23.6 Å². The van der Waals surface area contributed by atoms with Gasteiger partial charge in [0.15, 0.2) is 5.13 Å². The van der Waals surface area contributed by atoms with Gasteiger partial charge in [-0.3, -0.25) is 9.78 Å². The molecule has 0 bridgehead atoms. The van der Waals surface area contributed by atoms with Crippen LogP contribution in [0.1, 0.15) is 21.9 Å². The third kappa shape index (κ3) is 3.01. The largest absolute Gasteiger partial charge is 0.375 e. The Bertz CT molecular complexity index is 538. The van der Waals surface area contributed by atoms with Crippen molar-refractivity contribution in [1.82, 2.24) is 15.3 Å². The molecule has 0 radical (unpaired) electrons. The molecule has 0 aliphatic rings. The van der Waals surface area contributed by atoms with Crippen LogP contribution in [0.5, 0.6) is 0 Å². The van der Waals surface area contributed by atoms with E-state index in [4.69, 9.17) is 5.73 Å². The van der Waals surface area contributed by atoms with Gasteiger partial charge in [0.25, 0.3) is 5.91 Å². The number of amides is 1. The molecular weight excluding hydrogens is 236 g/mol. The molecule has 3 N–H and O–H groups in total. The highest BCUT2D eigenvalue weighted by Gasteiger charge is 2.09. The number of aromatic nitrogens is 2. The van der Waals surface area contributed by atoms with E-state index < -0.39 is 0 Å². The van der Waals surface area contributed by atoms with Crippen LogP contribution in [0, 0.1) is 6.92 Å². The van der Waals surface area contributed by atoms with Gasteiger partial charge in [-0.05, 0) is 19.1 Å². The molecule has 2 aromatic heterocycles. The monoisotopic (exact) mass is 248 g/mol. The number of hydrogen-bond donors (Lipinski definition) is 2. The number of pyridine rings is 1. The number of nitrogens with two attached hydrogens (primary N) is 1. The lowest BCUT2D eigenvalue weighted by Crippen LogP contribution is -2.23. The van der Waals surface area contributed by atoms with Crippen LogP contribution in [-0.2, 0) is 6.54 Å². The lowest BCUT2D eigenvalue weighted by molar-refractivity contribution is 0.0946. The molecule has 0 aliphatic heterocycles. The summed E-state index contributed by atoms with van der Waals surface area (Å²) in [6.07, 6.45) is 0. The van der Waals surface area contributed by atoms with Crippen molar-refractivity contribution in [2.75, 3.05) is 5.73 Å². The summed E-state index contributed by atoms with van der Waals surface area (Å²) in [5.74, 6) is -0.235. The van der Waals surface area contributed by atoms with Gasteiger partial charge in [0, 0.05) is 11.1 Å². The molecule has 1 amide bonds. The SMILES string of the molecule is Cc1cccc(CNC(=O)c2csc(N)n2)n1. The number of thiazole rings is 1. The highest BCUT2D eigenvalue weighted by Crippen LogP contribution is 2.10. The summed E-state index contributed by atoms with van der Waals surface area (Å²) in [4.78, 5) is 19.9. The molecule has 6 heteroatoms. The molecule has 88 valence electrons. The summed E-state index contributed by atoms with van der Waals surface area (Å²) < 4.78 is 0. The molecule has 2 aromatic rings. The first-order valence-corrected chi connectivity index (χ1v) is 5.95. The predicted octanol–water partition coefficient (Wildman–Crippen LogP) is 1.36. The van der Waals surface area contributed by atoms with Crippen LogP contribution < -0.4 is 11.1 Å². The van der Waals surface area contributed by atoms with Crippen LogP contribution in [0.3, 0.4) is 0 Å². The highest BCUT2D eigenvalue weighted by atomic mass is 32.1. The fourth-order valence-electron chi connectivity index (χ4n) is 1.35. The highest BCUT2D eigenvalue weighted by molar-refractivity contribution is 7.13. The van der Waals surface area contributed by atoms with E-state index in [1.807, 2.05) is 25.1 Å². The van der Waals surface area contributed by atoms with E-state index in [0.29, 0.717) is 17.4 Å². The smallest absolute Gasteiger partial charge is 0.271 e. The van der Waals surface area contributed by atoms with Crippen molar-refractivity contribution in [2.45, 2.75) is 13.5 Å². The van der Waals surface area contributed by atoms with E-state index in [1.54, 1.807) is 5.38 Å². The molecule has 0 fully saturated rings. The van der Waals surface area contributed by atoms with E-state index >= 15 is 0 Å². The lowest BCUT2D eigenvalue weighted by Gasteiger charge is -2.03. The number of carbonyl (C=O) groups excluding carboxylic acids is 1. The van der Waals surface area contributed by atoms with Gasteiger partial charge in [-0.2, -0.15) is 0 Å². The maximum Gasteiger partial charge on any atom is 0.271 e. The lowest BCUT2D eigenvalue weighted by atomic mass is 10.3. The number of anilines is 1. The van der Waals surface area contributed by atoms with Gasteiger partial charge in [0.1, 0.15) is 5.69 Å². The minimum absolute atomic E-state index is 0.235. The van der Waals surface area contributed by atoms with E-state index in [0.717, 1.165) is 11.4 Å². The fourth-order valence-corrected chi connectivity index (χ4v) is 1.89. The number of nitrogens with zero attached hydrogens (tertiary/aromatic N) is 2. The third-order valence-electron chi connectivity index (χ3n) is 2.13. The van der Waals surface area contributed by atoms with Crippen LogP contribution in [0.2, 0.25) is 0 Å². The van der Waals surface area contributed by atoms with E-state index in [2.05, 4.69) is 15.3 Å². The zero-order chi connectivity index (χ0) is 12.3. The Morgan fingerprint density at radius 3 is 2.94 bits per heavy atom. The second kappa shape index (κ2) is 4.92. The van der Waals surface area contributed by atoms with Gasteiger partial charge < -0.3 is 11.1 Å². The Balaban J connectivity index is 1.97. The van der Waals surface area contributed by atoms with Crippen molar-refractivity contribution in [1.29, 1.82) is 0 Å². The normalized spacial score (nSPS) is 10.2. The van der Waals surface area contributed by atoms with Crippen molar-refractivity contribution in [3.63, 3.8) is 0 Å². The summed E-state index contributed by atoms with van der Waals surface area (Å²) in [6.45, 7) is 2.30. The molecule has 5 nitrogen and oxygen atoms in total. The molecule has 0 saturated carbocycles. The maximum absolute atomic E-state index is 11.7. The fraction of sp³-hybridized carbons (Fsp3) is 0.182. The average molecular weight is 248 g/mol. The summed E-state index contributed by atoms with van der Waals surface area (Å²) in [7, 11) is 0. The first-order chi connectivity index (χ1) is 8.15. The first-order valence-electron chi connectivity index (χ1n) is 5.07. The predicted molar refractivity (Wildman–Crippen MR) is 66.7 cm³/mol.